The predicted octanol–water partition coefficient (Wildman–Crippen LogP) is 3.39. The molecule has 0 saturated heterocycles. The Hall–Kier alpha value is -2.38. The Bertz CT molecular complexity index is 983. The first-order valence-corrected chi connectivity index (χ1v) is 11.1. The van der Waals surface area contributed by atoms with E-state index in [1.807, 2.05) is 0 Å². The summed E-state index contributed by atoms with van der Waals surface area (Å²) in [7, 11) is -4.07. The number of hydrogen-bond donors (Lipinski definition) is 0. The highest BCUT2D eigenvalue weighted by molar-refractivity contribution is 7.92. The summed E-state index contributed by atoms with van der Waals surface area (Å²) in [4.78, 5) is 25.9. The van der Waals surface area contributed by atoms with Crippen molar-refractivity contribution < 1.29 is 27.5 Å². The predicted molar refractivity (Wildman–Crippen MR) is 107 cm³/mol. The fourth-order valence-corrected chi connectivity index (χ4v) is 6.13. The first-order chi connectivity index (χ1) is 13.8. The van der Waals surface area contributed by atoms with Crippen molar-refractivity contribution in [3.8, 4) is 0 Å². The van der Waals surface area contributed by atoms with Crippen molar-refractivity contribution in [2.24, 2.45) is 5.41 Å². The summed E-state index contributed by atoms with van der Waals surface area (Å²) in [6, 6.07) is 14.2. The number of ether oxygens (including phenoxy) is 2. The van der Waals surface area contributed by atoms with Crippen LogP contribution in [0, 0.1) is 5.41 Å². The van der Waals surface area contributed by atoms with Crippen molar-refractivity contribution in [2.45, 2.75) is 29.9 Å². The molecule has 2 aromatic rings. The third-order valence-electron chi connectivity index (χ3n) is 4.99. The molecule has 0 aromatic heterocycles. The van der Waals surface area contributed by atoms with Gasteiger partial charge in [-0.2, -0.15) is 0 Å². The molecular weight excluding hydrogens is 416 g/mol. The second kappa shape index (κ2) is 8.16. The molecule has 1 saturated carbocycles. The minimum absolute atomic E-state index is 0.00914. The third kappa shape index (κ3) is 3.53. The molecule has 1 aliphatic carbocycles. The van der Waals surface area contributed by atoms with Gasteiger partial charge in [0.2, 0.25) is 0 Å². The molecule has 0 bridgehead atoms. The number of esters is 2. The largest absolute Gasteiger partial charge is 0.465 e. The van der Waals surface area contributed by atoms with Gasteiger partial charge in [0.1, 0.15) is 5.25 Å². The van der Waals surface area contributed by atoms with E-state index < -0.39 is 38.4 Å². The second-order valence-corrected chi connectivity index (χ2v) is 9.12. The molecule has 2 atom stereocenters. The van der Waals surface area contributed by atoms with Crippen molar-refractivity contribution in [1.82, 2.24) is 0 Å². The van der Waals surface area contributed by atoms with Crippen LogP contribution >= 0.6 is 11.6 Å². The van der Waals surface area contributed by atoms with Crippen LogP contribution in [-0.4, -0.2) is 38.8 Å². The van der Waals surface area contributed by atoms with Crippen molar-refractivity contribution in [2.75, 3.05) is 13.2 Å². The van der Waals surface area contributed by atoms with E-state index in [0.717, 1.165) is 0 Å². The van der Waals surface area contributed by atoms with Crippen LogP contribution < -0.4 is 0 Å². The zero-order valence-corrected chi connectivity index (χ0v) is 17.6. The maximum Gasteiger partial charge on any atom is 0.325 e. The van der Waals surface area contributed by atoms with E-state index in [9.17, 15) is 18.0 Å². The lowest BCUT2D eigenvalue weighted by Gasteiger charge is -2.15. The van der Waals surface area contributed by atoms with E-state index in [1.54, 1.807) is 44.2 Å². The Morgan fingerprint density at radius 2 is 1.45 bits per heavy atom. The molecule has 3 rings (SSSR count). The average Bonchev–Trinajstić information content (AvgIpc) is 3.42. The number of benzene rings is 2. The van der Waals surface area contributed by atoms with Gasteiger partial charge in [0, 0.05) is 10.9 Å². The molecule has 8 heteroatoms. The Kier molecular flexibility index (Phi) is 6.00. The van der Waals surface area contributed by atoms with Gasteiger partial charge in [-0.1, -0.05) is 41.9 Å². The average molecular weight is 437 g/mol. The van der Waals surface area contributed by atoms with E-state index in [2.05, 4.69) is 0 Å². The third-order valence-corrected chi connectivity index (χ3v) is 7.49. The summed E-state index contributed by atoms with van der Waals surface area (Å²) in [5.41, 5.74) is -1.40. The summed E-state index contributed by atoms with van der Waals surface area (Å²) in [5.74, 6) is -2.70. The Labute approximate surface area is 174 Å². The fourth-order valence-electron chi connectivity index (χ4n) is 3.72. The maximum atomic E-state index is 13.5. The molecule has 0 heterocycles. The van der Waals surface area contributed by atoms with Crippen molar-refractivity contribution in [3.63, 3.8) is 0 Å². The van der Waals surface area contributed by atoms with Crippen LogP contribution in [0.2, 0.25) is 5.02 Å². The quantitative estimate of drug-likeness (QED) is 0.488. The summed E-state index contributed by atoms with van der Waals surface area (Å²) in [5, 5.41) is -0.960. The highest BCUT2D eigenvalue weighted by Gasteiger charge is 2.81. The Balaban J connectivity index is 2.18. The molecule has 0 N–H and O–H groups in total. The maximum absolute atomic E-state index is 13.5. The monoisotopic (exact) mass is 436 g/mol. The summed E-state index contributed by atoms with van der Waals surface area (Å²) in [6.07, 6.45) is 0. The van der Waals surface area contributed by atoms with E-state index in [4.69, 9.17) is 21.1 Å². The number of rotatable bonds is 7. The molecule has 2 aromatic carbocycles. The van der Waals surface area contributed by atoms with Gasteiger partial charge in [0.25, 0.3) is 0 Å². The molecule has 1 aliphatic rings. The van der Waals surface area contributed by atoms with E-state index in [1.165, 1.54) is 24.3 Å². The Morgan fingerprint density at radius 1 is 0.931 bits per heavy atom. The first kappa shape index (κ1) is 21.3. The minimum Gasteiger partial charge on any atom is -0.465 e. The van der Waals surface area contributed by atoms with Crippen LogP contribution in [0.15, 0.2) is 59.5 Å². The van der Waals surface area contributed by atoms with Gasteiger partial charge in [-0.15, -0.1) is 0 Å². The second-order valence-electron chi connectivity index (χ2n) is 6.62. The minimum atomic E-state index is -4.07. The van der Waals surface area contributed by atoms with Crippen LogP contribution in [-0.2, 0) is 28.9 Å². The van der Waals surface area contributed by atoms with Crippen LogP contribution in [0.5, 0.6) is 0 Å². The molecule has 1 fully saturated rings. The van der Waals surface area contributed by atoms with Gasteiger partial charge in [-0.3, -0.25) is 9.59 Å². The molecule has 0 aliphatic heterocycles. The van der Waals surface area contributed by atoms with Gasteiger partial charge in [-0.25, -0.2) is 8.42 Å². The topological polar surface area (TPSA) is 86.7 Å². The number of sulfone groups is 1. The molecule has 29 heavy (non-hydrogen) atoms. The lowest BCUT2D eigenvalue weighted by molar-refractivity contribution is -0.164. The molecular formula is C21H21ClO6S. The van der Waals surface area contributed by atoms with Crippen LogP contribution in [0.4, 0.5) is 0 Å². The molecule has 6 nitrogen and oxygen atoms in total. The van der Waals surface area contributed by atoms with E-state index >= 15 is 0 Å². The zero-order chi connectivity index (χ0) is 21.2. The van der Waals surface area contributed by atoms with Gasteiger partial charge in [0.05, 0.1) is 18.1 Å². The molecule has 0 amide bonds. The van der Waals surface area contributed by atoms with Gasteiger partial charge >= 0.3 is 11.9 Å². The highest BCUT2D eigenvalue weighted by atomic mass is 35.5. The number of carbonyl (C=O) groups excluding carboxylic acids is 2. The standard InChI is InChI=1S/C21H21ClO6S/c1-3-27-19(23)21(20(24)28-4-2)17(14-8-6-5-7-9-14)18(21)29(25,26)16-12-10-15(22)11-13-16/h5-13,17-18H,3-4H2,1-2H3/t17-,18-/m1/s1. The van der Waals surface area contributed by atoms with Crippen LogP contribution in [0.25, 0.3) is 0 Å². The molecule has 0 radical (unpaired) electrons. The normalized spacial score (nSPS) is 20.0. The molecule has 154 valence electrons. The lowest BCUT2D eigenvalue weighted by Crippen LogP contribution is -2.35. The SMILES string of the molecule is CCOC(=O)C1(C(=O)OCC)[C@H](c2ccccc2)[C@H]1S(=O)(=O)c1ccc(Cl)cc1. The van der Waals surface area contributed by atoms with Gasteiger partial charge in [-0.05, 0) is 43.7 Å². The number of halogens is 1. The lowest BCUT2D eigenvalue weighted by atomic mass is 9.99. The fraction of sp³-hybridized carbons (Fsp3) is 0.333. The number of hydrogen-bond acceptors (Lipinski definition) is 6. The van der Waals surface area contributed by atoms with Crippen LogP contribution in [0.3, 0.4) is 0 Å². The van der Waals surface area contributed by atoms with Gasteiger partial charge in [0.15, 0.2) is 15.3 Å². The summed E-state index contributed by atoms with van der Waals surface area (Å²) < 4.78 is 37.2. The highest BCUT2D eigenvalue weighted by Crippen LogP contribution is 2.65. The van der Waals surface area contributed by atoms with Gasteiger partial charge < -0.3 is 9.47 Å². The first-order valence-electron chi connectivity index (χ1n) is 9.20. The van der Waals surface area contributed by atoms with E-state index in [-0.39, 0.29) is 18.1 Å². The van der Waals surface area contributed by atoms with E-state index in [0.29, 0.717) is 10.6 Å². The summed E-state index contributed by atoms with van der Waals surface area (Å²) in [6.45, 7) is 3.21. The Morgan fingerprint density at radius 3 is 1.93 bits per heavy atom. The molecule has 0 spiro atoms. The number of carbonyl (C=O) groups is 2. The van der Waals surface area contributed by atoms with Crippen molar-refractivity contribution in [1.29, 1.82) is 0 Å². The summed E-state index contributed by atoms with van der Waals surface area (Å²) >= 11 is 5.88. The zero-order valence-electron chi connectivity index (χ0n) is 16.0. The smallest absolute Gasteiger partial charge is 0.325 e. The molecule has 0 unspecified atom stereocenters. The van der Waals surface area contributed by atoms with Crippen molar-refractivity contribution >= 4 is 33.4 Å². The van der Waals surface area contributed by atoms with Crippen molar-refractivity contribution in [3.05, 3.63) is 65.2 Å². The van der Waals surface area contributed by atoms with Crippen LogP contribution in [0.1, 0.15) is 25.3 Å².